The molecule has 5 heteroatoms. The molecule has 1 aromatic heterocycles. The molecule has 2 heterocycles. The molecule has 0 amide bonds. The van der Waals surface area contributed by atoms with Gasteiger partial charge in [0.05, 0.1) is 5.92 Å². The van der Waals surface area contributed by atoms with E-state index in [4.69, 9.17) is 0 Å². The molecular formula is C16H24N2O2S. The van der Waals surface area contributed by atoms with Crippen LogP contribution in [0, 0.1) is 5.92 Å². The molecule has 4 nitrogen and oxygen atoms in total. The Labute approximate surface area is 130 Å². The predicted octanol–water partition coefficient (Wildman–Crippen LogP) is 2.51. The molecule has 1 saturated heterocycles. The quantitative estimate of drug-likeness (QED) is 0.897. The topological polar surface area (TPSA) is 52.6 Å². The molecule has 21 heavy (non-hydrogen) atoms. The second kappa shape index (κ2) is 6.90. The minimum Gasteiger partial charge on any atom is -0.481 e. The van der Waals surface area contributed by atoms with E-state index in [0.717, 1.165) is 25.6 Å². The summed E-state index contributed by atoms with van der Waals surface area (Å²) in [5.41, 5.74) is 0. The van der Waals surface area contributed by atoms with Crippen molar-refractivity contribution in [2.75, 3.05) is 26.2 Å². The Morgan fingerprint density at radius 1 is 1.38 bits per heavy atom. The van der Waals surface area contributed by atoms with Gasteiger partial charge in [-0.05, 0) is 30.9 Å². The zero-order valence-electron chi connectivity index (χ0n) is 12.4. The van der Waals surface area contributed by atoms with Crippen LogP contribution in [0.3, 0.4) is 0 Å². The minimum atomic E-state index is -0.688. The minimum absolute atomic E-state index is 0.290. The lowest BCUT2D eigenvalue weighted by Crippen LogP contribution is -2.33. The highest BCUT2D eigenvalue weighted by molar-refractivity contribution is 7.12. The Hall–Kier alpha value is -0.910. The van der Waals surface area contributed by atoms with E-state index in [9.17, 15) is 9.90 Å². The molecule has 0 radical (unpaired) electrons. The first-order valence-corrected chi connectivity index (χ1v) is 8.78. The highest BCUT2D eigenvalue weighted by Gasteiger charge is 2.24. The number of carboxylic acid groups (broad SMARTS) is 1. The van der Waals surface area contributed by atoms with E-state index in [1.54, 1.807) is 0 Å². The Morgan fingerprint density at radius 2 is 2.19 bits per heavy atom. The average molecular weight is 308 g/mol. The molecule has 1 unspecified atom stereocenters. The molecular weight excluding hydrogens is 284 g/mol. The van der Waals surface area contributed by atoms with E-state index in [2.05, 4.69) is 22.3 Å². The number of nitrogens with one attached hydrogen (secondary N) is 1. The predicted molar refractivity (Wildman–Crippen MR) is 84.8 cm³/mol. The lowest BCUT2D eigenvalue weighted by atomic mass is 10.1. The van der Waals surface area contributed by atoms with Crippen molar-refractivity contribution in [2.24, 2.45) is 5.92 Å². The van der Waals surface area contributed by atoms with Crippen molar-refractivity contribution >= 4 is 17.3 Å². The van der Waals surface area contributed by atoms with Crippen molar-refractivity contribution in [2.45, 2.75) is 38.1 Å². The van der Waals surface area contributed by atoms with Gasteiger partial charge in [-0.15, -0.1) is 11.3 Å². The Bertz CT molecular complexity index is 482. The summed E-state index contributed by atoms with van der Waals surface area (Å²) in [7, 11) is 0. The summed E-state index contributed by atoms with van der Waals surface area (Å²) in [5, 5.41) is 12.5. The number of hydrogen-bond donors (Lipinski definition) is 2. The third-order valence-corrected chi connectivity index (χ3v) is 5.88. The molecule has 1 aliphatic heterocycles. The maximum atomic E-state index is 11.2. The summed E-state index contributed by atoms with van der Waals surface area (Å²) in [4.78, 5) is 16.4. The molecule has 1 aromatic rings. The first kappa shape index (κ1) is 15.0. The van der Waals surface area contributed by atoms with E-state index in [-0.39, 0.29) is 5.92 Å². The standard InChI is InChI=1S/C16H24N2O2S/c19-16(20)13-9-17-7-8-18(10-13)11-14-5-6-15(21-14)12-3-1-2-4-12/h5-6,12-13,17H,1-4,7-11H2,(H,19,20). The average Bonchev–Trinajstić information content (AvgIpc) is 3.07. The van der Waals surface area contributed by atoms with Crippen molar-refractivity contribution in [1.82, 2.24) is 10.2 Å². The monoisotopic (exact) mass is 308 g/mol. The van der Waals surface area contributed by atoms with Crippen LogP contribution in [0.25, 0.3) is 0 Å². The van der Waals surface area contributed by atoms with Crippen LogP contribution in [-0.4, -0.2) is 42.2 Å². The fourth-order valence-electron chi connectivity index (χ4n) is 3.42. The van der Waals surface area contributed by atoms with Gasteiger partial charge in [-0.2, -0.15) is 0 Å². The van der Waals surface area contributed by atoms with Crippen molar-refractivity contribution in [3.63, 3.8) is 0 Å². The molecule has 2 fully saturated rings. The largest absolute Gasteiger partial charge is 0.481 e. The smallest absolute Gasteiger partial charge is 0.309 e. The van der Waals surface area contributed by atoms with Gasteiger partial charge >= 0.3 is 5.97 Å². The van der Waals surface area contributed by atoms with Gasteiger partial charge < -0.3 is 10.4 Å². The molecule has 0 bridgehead atoms. The van der Waals surface area contributed by atoms with Crippen LogP contribution in [0.4, 0.5) is 0 Å². The summed E-state index contributed by atoms with van der Waals surface area (Å²) >= 11 is 1.93. The lowest BCUT2D eigenvalue weighted by Gasteiger charge is -2.21. The lowest BCUT2D eigenvalue weighted by molar-refractivity contribution is -0.142. The second-order valence-electron chi connectivity index (χ2n) is 6.26. The molecule has 3 rings (SSSR count). The van der Waals surface area contributed by atoms with E-state index < -0.39 is 5.97 Å². The van der Waals surface area contributed by atoms with Gasteiger partial charge in [0, 0.05) is 42.5 Å². The first-order chi connectivity index (χ1) is 10.2. The summed E-state index contributed by atoms with van der Waals surface area (Å²) in [6.07, 6.45) is 5.43. The molecule has 1 atom stereocenters. The zero-order valence-corrected chi connectivity index (χ0v) is 13.2. The van der Waals surface area contributed by atoms with Crippen molar-refractivity contribution in [3.05, 3.63) is 21.9 Å². The van der Waals surface area contributed by atoms with Gasteiger partial charge in [0.1, 0.15) is 0 Å². The van der Waals surface area contributed by atoms with Crippen LogP contribution in [0.2, 0.25) is 0 Å². The fraction of sp³-hybridized carbons (Fsp3) is 0.688. The molecule has 2 N–H and O–H groups in total. The Morgan fingerprint density at radius 3 is 2.95 bits per heavy atom. The van der Waals surface area contributed by atoms with E-state index in [0.29, 0.717) is 13.1 Å². The van der Waals surface area contributed by atoms with Gasteiger partial charge in [0.15, 0.2) is 0 Å². The molecule has 1 aliphatic carbocycles. The number of nitrogens with zero attached hydrogens (tertiary/aromatic N) is 1. The summed E-state index contributed by atoms with van der Waals surface area (Å²) in [6.45, 7) is 3.94. The molecule has 2 aliphatic rings. The third-order valence-electron chi connectivity index (χ3n) is 4.64. The van der Waals surface area contributed by atoms with E-state index in [1.807, 2.05) is 11.3 Å². The Kier molecular flexibility index (Phi) is 4.93. The summed E-state index contributed by atoms with van der Waals surface area (Å²) in [5.74, 6) is -0.199. The van der Waals surface area contributed by atoms with Crippen LogP contribution in [0.5, 0.6) is 0 Å². The van der Waals surface area contributed by atoms with Gasteiger partial charge in [-0.1, -0.05) is 12.8 Å². The summed E-state index contributed by atoms with van der Waals surface area (Å²) in [6, 6.07) is 4.53. The van der Waals surface area contributed by atoms with Gasteiger partial charge in [-0.25, -0.2) is 0 Å². The normalized spacial score (nSPS) is 25.0. The third kappa shape index (κ3) is 3.84. The first-order valence-electron chi connectivity index (χ1n) is 7.97. The number of hydrogen-bond acceptors (Lipinski definition) is 4. The van der Waals surface area contributed by atoms with Gasteiger partial charge in [0.25, 0.3) is 0 Å². The molecule has 116 valence electrons. The number of carboxylic acids is 1. The van der Waals surface area contributed by atoms with Crippen LogP contribution >= 0.6 is 11.3 Å². The number of carbonyl (C=O) groups is 1. The fourth-order valence-corrected chi connectivity index (χ4v) is 4.64. The second-order valence-corrected chi connectivity index (χ2v) is 7.46. The highest BCUT2D eigenvalue weighted by atomic mass is 32.1. The maximum Gasteiger partial charge on any atom is 0.309 e. The zero-order chi connectivity index (χ0) is 14.7. The maximum absolute atomic E-state index is 11.2. The van der Waals surface area contributed by atoms with Gasteiger partial charge in [0.2, 0.25) is 0 Å². The molecule has 1 saturated carbocycles. The summed E-state index contributed by atoms with van der Waals surface area (Å²) < 4.78 is 0. The molecule has 0 aromatic carbocycles. The number of rotatable bonds is 4. The number of thiophene rings is 1. The Balaban J connectivity index is 1.61. The van der Waals surface area contributed by atoms with Crippen LogP contribution < -0.4 is 5.32 Å². The van der Waals surface area contributed by atoms with E-state index in [1.165, 1.54) is 35.4 Å². The molecule has 0 spiro atoms. The van der Waals surface area contributed by atoms with Gasteiger partial charge in [-0.3, -0.25) is 9.69 Å². The number of aliphatic carboxylic acids is 1. The van der Waals surface area contributed by atoms with E-state index >= 15 is 0 Å². The van der Waals surface area contributed by atoms with Crippen LogP contribution in [0.1, 0.15) is 41.4 Å². The van der Waals surface area contributed by atoms with Crippen LogP contribution in [0.15, 0.2) is 12.1 Å². The van der Waals surface area contributed by atoms with Crippen molar-refractivity contribution < 1.29 is 9.90 Å². The van der Waals surface area contributed by atoms with Crippen molar-refractivity contribution in [1.29, 1.82) is 0 Å². The van der Waals surface area contributed by atoms with Crippen LogP contribution in [-0.2, 0) is 11.3 Å². The van der Waals surface area contributed by atoms with Crippen molar-refractivity contribution in [3.8, 4) is 0 Å². The highest BCUT2D eigenvalue weighted by Crippen LogP contribution is 2.37. The SMILES string of the molecule is O=C(O)C1CNCCN(Cc2ccc(C3CCCC3)s2)C1.